The molecule has 0 spiro atoms. The summed E-state index contributed by atoms with van der Waals surface area (Å²) in [5.41, 5.74) is 0.867. The minimum absolute atomic E-state index is 0.133. The lowest BCUT2D eigenvalue weighted by molar-refractivity contribution is 0.102. The maximum Gasteiger partial charge on any atom is 0.257 e. The van der Waals surface area contributed by atoms with Crippen LogP contribution < -0.4 is 5.32 Å². The number of anilines is 1. The molecule has 0 atom stereocenters. The van der Waals surface area contributed by atoms with Crippen molar-refractivity contribution in [3.63, 3.8) is 0 Å². The molecule has 0 heterocycles. The first-order valence-corrected chi connectivity index (χ1v) is 5.88. The number of phenols is 1. The standard InChI is InChI=1S/C13H9Cl2NO2/c14-11-3-1-2-10(12(11)15)13(18)16-8-4-6-9(17)7-5-8/h1-7,17H,(H,16,18). The molecule has 0 aliphatic carbocycles. The topological polar surface area (TPSA) is 49.3 Å². The number of hydrogen-bond acceptors (Lipinski definition) is 2. The highest BCUT2D eigenvalue weighted by atomic mass is 35.5. The zero-order valence-corrected chi connectivity index (χ0v) is 10.7. The minimum Gasteiger partial charge on any atom is -0.508 e. The molecule has 18 heavy (non-hydrogen) atoms. The summed E-state index contributed by atoms with van der Waals surface area (Å²) in [5, 5.41) is 12.3. The summed E-state index contributed by atoms with van der Waals surface area (Å²) < 4.78 is 0. The van der Waals surface area contributed by atoms with E-state index in [9.17, 15) is 4.79 Å². The number of hydrogen-bond donors (Lipinski definition) is 2. The van der Waals surface area contributed by atoms with Crippen molar-refractivity contribution in [2.24, 2.45) is 0 Å². The molecule has 0 unspecified atom stereocenters. The Morgan fingerprint density at radius 1 is 1.06 bits per heavy atom. The van der Waals surface area contributed by atoms with E-state index in [1.165, 1.54) is 12.1 Å². The van der Waals surface area contributed by atoms with Gasteiger partial charge in [0.2, 0.25) is 0 Å². The lowest BCUT2D eigenvalue weighted by atomic mass is 10.2. The number of rotatable bonds is 2. The summed E-state index contributed by atoms with van der Waals surface area (Å²) >= 11 is 11.8. The summed E-state index contributed by atoms with van der Waals surface area (Å²) in [6.07, 6.45) is 0. The van der Waals surface area contributed by atoms with Gasteiger partial charge in [-0.2, -0.15) is 0 Å². The first-order chi connectivity index (χ1) is 8.58. The molecule has 0 aliphatic rings. The predicted molar refractivity (Wildman–Crippen MR) is 72.5 cm³/mol. The maximum absolute atomic E-state index is 12.0. The molecular formula is C13H9Cl2NO2. The molecule has 0 radical (unpaired) electrons. The third-order valence-electron chi connectivity index (χ3n) is 2.32. The molecular weight excluding hydrogens is 273 g/mol. The summed E-state index contributed by atoms with van der Waals surface area (Å²) in [6, 6.07) is 11.0. The molecule has 92 valence electrons. The highest BCUT2D eigenvalue weighted by Gasteiger charge is 2.12. The molecule has 0 aliphatic heterocycles. The number of halogens is 2. The van der Waals surface area contributed by atoms with E-state index < -0.39 is 0 Å². The van der Waals surface area contributed by atoms with Crippen LogP contribution in [0.5, 0.6) is 5.75 Å². The fourth-order valence-electron chi connectivity index (χ4n) is 1.42. The number of benzene rings is 2. The van der Waals surface area contributed by atoms with Gasteiger partial charge in [-0.15, -0.1) is 0 Å². The first kappa shape index (κ1) is 12.7. The number of aromatic hydroxyl groups is 1. The molecule has 2 N–H and O–H groups in total. The quantitative estimate of drug-likeness (QED) is 0.819. The van der Waals surface area contributed by atoms with Gasteiger partial charge in [0, 0.05) is 5.69 Å². The van der Waals surface area contributed by atoms with Crippen LogP contribution in [0, 0.1) is 0 Å². The van der Waals surface area contributed by atoms with Crippen LogP contribution in [-0.4, -0.2) is 11.0 Å². The summed E-state index contributed by atoms with van der Waals surface area (Å²) in [7, 11) is 0. The molecule has 0 fully saturated rings. The van der Waals surface area contributed by atoms with E-state index in [-0.39, 0.29) is 16.7 Å². The largest absolute Gasteiger partial charge is 0.508 e. The summed E-state index contributed by atoms with van der Waals surface area (Å²) in [6.45, 7) is 0. The normalized spacial score (nSPS) is 10.1. The van der Waals surface area contributed by atoms with Gasteiger partial charge in [-0.1, -0.05) is 29.3 Å². The Morgan fingerprint density at radius 2 is 1.72 bits per heavy atom. The molecule has 0 aromatic heterocycles. The van der Waals surface area contributed by atoms with Gasteiger partial charge in [0.25, 0.3) is 5.91 Å². The average molecular weight is 282 g/mol. The predicted octanol–water partition coefficient (Wildman–Crippen LogP) is 3.95. The van der Waals surface area contributed by atoms with Crippen molar-refractivity contribution in [1.29, 1.82) is 0 Å². The highest BCUT2D eigenvalue weighted by Crippen LogP contribution is 2.26. The van der Waals surface area contributed by atoms with Crippen molar-refractivity contribution >= 4 is 34.8 Å². The Labute approximate surface area is 114 Å². The molecule has 2 rings (SSSR count). The van der Waals surface area contributed by atoms with Crippen LogP contribution in [0.15, 0.2) is 42.5 Å². The Kier molecular flexibility index (Phi) is 3.75. The van der Waals surface area contributed by atoms with E-state index in [1.807, 2.05) is 0 Å². The highest BCUT2D eigenvalue weighted by molar-refractivity contribution is 6.44. The Morgan fingerprint density at radius 3 is 2.39 bits per heavy atom. The molecule has 2 aromatic rings. The number of carbonyl (C=O) groups is 1. The zero-order chi connectivity index (χ0) is 13.1. The van der Waals surface area contributed by atoms with Gasteiger partial charge >= 0.3 is 0 Å². The van der Waals surface area contributed by atoms with Crippen LogP contribution in [0.3, 0.4) is 0 Å². The lowest BCUT2D eigenvalue weighted by Crippen LogP contribution is -2.12. The number of carbonyl (C=O) groups excluding carboxylic acids is 1. The summed E-state index contributed by atoms with van der Waals surface area (Å²) in [4.78, 5) is 12.0. The van der Waals surface area contributed by atoms with Gasteiger partial charge in [-0.05, 0) is 36.4 Å². The van der Waals surface area contributed by atoms with Gasteiger partial charge in [-0.25, -0.2) is 0 Å². The minimum atomic E-state index is -0.354. The van der Waals surface area contributed by atoms with Crippen LogP contribution >= 0.6 is 23.2 Å². The van der Waals surface area contributed by atoms with Crippen LogP contribution in [-0.2, 0) is 0 Å². The van der Waals surface area contributed by atoms with Crippen molar-refractivity contribution in [1.82, 2.24) is 0 Å². The smallest absolute Gasteiger partial charge is 0.257 e. The number of amides is 1. The van der Waals surface area contributed by atoms with Crippen molar-refractivity contribution in [2.45, 2.75) is 0 Å². The van der Waals surface area contributed by atoms with Gasteiger partial charge in [0.05, 0.1) is 15.6 Å². The molecule has 3 nitrogen and oxygen atoms in total. The zero-order valence-electron chi connectivity index (χ0n) is 9.15. The van der Waals surface area contributed by atoms with E-state index in [0.717, 1.165) is 0 Å². The molecule has 5 heteroatoms. The van der Waals surface area contributed by atoms with E-state index in [4.69, 9.17) is 28.3 Å². The van der Waals surface area contributed by atoms with Gasteiger partial charge < -0.3 is 10.4 Å². The van der Waals surface area contributed by atoms with Crippen molar-refractivity contribution in [2.75, 3.05) is 5.32 Å². The van der Waals surface area contributed by atoms with E-state index in [0.29, 0.717) is 16.3 Å². The van der Waals surface area contributed by atoms with Crippen molar-refractivity contribution < 1.29 is 9.90 Å². The van der Waals surface area contributed by atoms with Crippen LogP contribution in [0.25, 0.3) is 0 Å². The SMILES string of the molecule is O=C(Nc1ccc(O)cc1)c1cccc(Cl)c1Cl. The van der Waals surface area contributed by atoms with Gasteiger partial charge in [0.1, 0.15) is 5.75 Å². The van der Waals surface area contributed by atoms with Crippen LogP contribution in [0.1, 0.15) is 10.4 Å². The van der Waals surface area contributed by atoms with Crippen molar-refractivity contribution in [3.8, 4) is 5.75 Å². The Balaban J connectivity index is 2.22. The lowest BCUT2D eigenvalue weighted by Gasteiger charge is -2.07. The number of nitrogens with one attached hydrogen (secondary N) is 1. The van der Waals surface area contributed by atoms with Gasteiger partial charge in [-0.3, -0.25) is 4.79 Å². The van der Waals surface area contributed by atoms with Gasteiger partial charge in [0.15, 0.2) is 0 Å². The third kappa shape index (κ3) is 2.75. The number of phenolic OH excluding ortho intramolecular Hbond substituents is 1. The fraction of sp³-hybridized carbons (Fsp3) is 0. The molecule has 0 bridgehead atoms. The molecule has 2 aromatic carbocycles. The summed E-state index contributed by atoms with van der Waals surface area (Å²) in [5.74, 6) is -0.220. The second kappa shape index (κ2) is 5.29. The second-order valence-electron chi connectivity index (χ2n) is 3.60. The Bertz CT molecular complexity index is 582. The monoisotopic (exact) mass is 281 g/mol. The van der Waals surface area contributed by atoms with E-state index in [2.05, 4.69) is 5.32 Å². The third-order valence-corrected chi connectivity index (χ3v) is 3.14. The van der Waals surface area contributed by atoms with Crippen molar-refractivity contribution in [3.05, 3.63) is 58.1 Å². The second-order valence-corrected chi connectivity index (χ2v) is 4.39. The molecule has 1 amide bonds. The van der Waals surface area contributed by atoms with Crippen LogP contribution in [0.2, 0.25) is 10.0 Å². The molecule has 0 saturated carbocycles. The van der Waals surface area contributed by atoms with Crippen LogP contribution in [0.4, 0.5) is 5.69 Å². The van der Waals surface area contributed by atoms with E-state index >= 15 is 0 Å². The average Bonchev–Trinajstić information content (AvgIpc) is 2.35. The maximum atomic E-state index is 12.0. The first-order valence-electron chi connectivity index (χ1n) is 5.12. The molecule has 0 saturated heterocycles. The Hall–Kier alpha value is -1.71. The fourth-order valence-corrected chi connectivity index (χ4v) is 1.81. The van der Waals surface area contributed by atoms with E-state index in [1.54, 1.807) is 30.3 Å².